The van der Waals surface area contributed by atoms with E-state index in [0.29, 0.717) is 11.3 Å². The predicted molar refractivity (Wildman–Crippen MR) is 161 cm³/mol. The highest BCUT2D eigenvalue weighted by Crippen LogP contribution is 2.54. The summed E-state index contributed by atoms with van der Waals surface area (Å²) in [5.41, 5.74) is 2.61. The fraction of sp³-hybridized carbons (Fsp3) is 0.517. The standard InChI is InChI=1S/C29H37N5O8S/c1-32(2)17-11-16(31-18(35)12-34-5-7-43-8-6-34)23(36)20-14(17)9-13-10-15-22(33(3)4)25(38)21(28(30)41)27(40)29(15,42)26(39)19(13)24(20)37/h11,13,15,22,36-37,40,42H,5-10,12H2,1-4H3,(H2,30,41)(H,31,35)/t13?,15?,22-,29-/m0/s1. The number of carbonyl (C=O) groups excluding carboxylic acids is 4. The largest absolute Gasteiger partial charge is 0.508 e. The van der Waals surface area contributed by atoms with Gasteiger partial charge in [-0.25, -0.2) is 0 Å². The first kappa shape index (κ1) is 30.9. The molecule has 3 aliphatic carbocycles. The van der Waals surface area contributed by atoms with Crippen LogP contribution in [0, 0.1) is 11.8 Å². The number of fused-ring (bicyclic) bond motifs is 3. The molecule has 43 heavy (non-hydrogen) atoms. The van der Waals surface area contributed by atoms with Crippen molar-refractivity contribution >= 4 is 52.3 Å². The van der Waals surface area contributed by atoms with E-state index in [-0.39, 0.29) is 42.1 Å². The lowest BCUT2D eigenvalue weighted by atomic mass is 9.57. The van der Waals surface area contributed by atoms with Crippen LogP contribution in [0.4, 0.5) is 11.4 Å². The Morgan fingerprint density at radius 2 is 1.79 bits per heavy atom. The zero-order valence-corrected chi connectivity index (χ0v) is 25.3. The van der Waals surface area contributed by atoms with E-state index in [1.807, 2.05) is 16.7 Å². The molecule has 13 nitrogen and oxygen atoms in total. The molecule has 2 fully saturated rings. The number of phenols is 1. The van der Waals surface area contributed by atoms with E-state index in [1.165, 1.54) is 4.90 Å². The Kier molecular flexibility index (Phi) is 8.01. The molecule has 1 saturated heterocycles. The highest BCUT2D eigenvalue weighted by atomic mass is 32.2. The van der Waals surface area contributed by atoms with Gasteiger partial charge in [-0.2, -0.15) is 11.8 Å². The van der Waals surface area contributed by atoms with E-state index in [4.69, 9.17) is 5.73 Å². The summed E-state index contributed by atoms with van der Waals surface area (Å²) in [5, 5.41) is 48.5. The number of primary amides is 1. The van der Waals surface area contributed by atoms with Crippen LogP contribution < -0.4 is 16.0 Å². The summed E-state index contributed by atoms with van der Waals surface area (Å²) < 4.78 is 0. The summed E-state index contributed by atoms with van der Waals surface area (Å²) in [7, 11) is 6.63. The minimum Gasteiger partial charge on any atom is -0.508 e. The number of aliphatic hydroxyl groups is 3. The van der Waals surface area contributed by atoms with Gasteiger partial charge in [0.15, 0.2) is 11.4 Å². The van der Waals surface area contributed by atoms with Crippen molar-refractivity contribution in [2.45, 2.75) is 24.5 Å². The molecule has 1 heterocycles. The number of Topliss-reactive ketones (excluding diaryl/α,β-unsaturated/α-hetero) is 2. The molecule has 7 N–H and O–H groups in total. The third kappa shape index (κ3) is 4.86. The lowest BCUT2D eigenvalue weighted by molar-refractivity contribution is -0.153. The molecule has 5 rings (SSSR count). The van der Waals surface area contributed by atoms with E-state index < -0.39 is 63.8 Å². The molecule has 4 aliphatic rings. The topological polar surface area (TPSA) is 197 Å². The molecule has 4 atom stereocenters. The number of anilines is 2. The molecule has 232 valence electrons. The number of aromatic hydroxyl groups is 1. The second kappa shape index (κ2) is 11.2. The minimum atomic E-state index is -2.72. The number of phenolic OH excluding ortho intramolecular Hbond substituents is 1. The van der Waals surface area contributed by atoms with Crippen molar-refractivity contribution in [1.82, 2.24) is 9.80 Å². The van der Waals surface area contributed by atoms with Gasteiger partial charge in [-0.3, -0.25) is 29.0 Å². The zero-order valence-electron chi connectivity index (χ0n) is 24.5. The molecule has 1 aliphatic heterocycles. The van der Waals surface area contributed by atoms with Crippen molar-refractivity contribution in [1.29, 1.82) is 0 Å². The molecule has 0 radical (unpaired) electrons. The van der Waals surface area contributed by atoms with Crippen LogP contribution in [-0.4, -0.2) is 125 Å². The van der Waals surface area contributed by atoms with Crippen molar-refractivity contribution in [2.75, 3.05) is 69.5 Å². The van der Waals surface area contributed by atoms with Crippen LogP contribution in [0.3, 0.4) is 0 Å². The average molecular weight is 616 g/mol. The number of carbonyl (C=O) groups is 4. The number of likely N-dealkylation sites (N-methyl/N-ethyl adjacent to an activating group) is 1. The summed E-state index contributed by atoms with van der Waals surface area (Å²) in [5.74, 6) is -5.75. The molecule has 2 unspecified atom stereocenters. The number of amides is 2. The van der Waals surface area contributed by atoms with Crippen LogP contribution in [0.5, 0.6) is 5.75 Å². The van der Waals surface area contributed by atoms with Crippen molar-refractivity contribution < 1.29 is 39.6 Å². The van der Waals surface area contributed by atoms with Gasteiger partial charge >= 0.3 is 0 Å². The molecule has 14 heteroatoms. The summed E-state index contributed by atoms with van der Waals surface area (Å²) >= 11 is 1.81. The van der Waals surface area contributed by atoms with E-state index in [9.17, 15) is 39.6 Å². The van der Waals surface area contributed by atoms with E-state index in [0.717, 1.165) is 24.6 Å². The lowest BCUT2D eigenvalue weighted by Crippen LogP contribution is -2.65. The van der Waals surface area contributed by atoms with Crippen LogP contribution in [0.25, 0.3) is 5.76 Å². The van der Waals surface area contributed by atoms with Gasteiger partial charge < -0.3 is 36.4 Å². The number of thioether (sulfide) groups is 1. The van der Waals surface area contributed by atoms with Crippen LogP contribution >= 0.6 is 11.8 Å². The van der Waals surface area contributed by atoms with Crippen LogP contribution in [0.15, 0.2) is 23.0 Å². The highest BCUT2D eigenvalue weighted by Gasteiger charge is 2.64. The number of ketones is 2. The Hall–Kier alpha value is -3.59. The average Bonchev–Trinajstić information content (AvgIpc) is 2.92. The van der Waals surface area contributed by atoms with Gasteiger partial charge in [0, 0.05) is 55.9 Å². The Balaban J connectivity index is 1.62. The summed E-state index contributed by atoms with van der Waals surface area (Å²) in [4.78, 5) is 57.7. The Morgan fingerprint density at radius 1 is 1.14 bits per heavy atom. The Labute approximate surface area is 253 Å². The second-order valence-corrected chi connectivity index (χ2v) is 13.2. The molecular formula is C29H37N5O8S. The number of hydrogen-bond acceptors (Lipinski definition) is 12. The molecule has 1 saturated carbocycles. The first-order valence-electron chi connectivity index (χ1n) is 14.0. The molecule has 0 aromatic heterocycles. The maximum atomic E-state index is 14.1. The molecule has 1 aromatic rings. The van der Waals surface area contributed by atoms with Crippen LogP contribution in [0.2, 0.25) is 0 Å². The first-order valence-corrected chi connectivity index (χ1v) is 15.2. The molecule has 0 spiro atoms. The molecular weight excluding hydrogens is 578 g/mol. The normalized spacial score (nSPS) is 27.5. The number of nitrogens with two attached hydrogens (primary N) is 1. The number of benzene rings is 1. The number of aliphatic hydroxyl groups excluding tert-OH is 2. The summed E-state index contributed by atoms with van der Waals surface area (Å²) in [6.07, 6.45) is 0.140. The zero-order chi connectivity index (χ0) is 31.5. The van der Waals surface area contributed by atoms with Gasteiger partial charge in [0.1, 0.15) is 22.8 Å². The maximum absolute atomic E-state index is 14.1. The fourth-order valence-electron chi connectivity index (χ4n) is 6.94. The smallest absolute Gasteiger partial charge is 0.255 e. The van der Waals surface area contributed by atoms with E-state index >= 15 is 0 Å². The monoisotopic (exact) mass is 615 g/mol. The van der Waals surface area contributed by atoms with Gasteiger partial charge in [-0.05, 0) is 44.5 Å². The van der Waals surface area contributed by atoms with Gasteiger partial charge in [-0.1, -0.05) is 0 Å². The van der Waals surface area contributed by atoms with Crippen molar-refractivity contribution in [3.05, 3.63) is 34.1 Å². The van der Waals surface area contributed by atoms with Crippen molar-refractivity contribution in [3.8, 4) is 5.75 Å². The Bertz CT molecular complexity index is 1480. The summed E-state index contributed by atoms with van der Waals surface area (Å²) in [6, 6.07) is 0.452. The minimum absolute atomic E-state index is 0.00794. The number of nitrogens with one attached hydrogen (secondary N) is 1. The van der Waals surface area contributed by atoms with Gasteiger partial charge in [0.2, 0.25) is 11.7 Å². The maximum Gasteiger partial charge on any atom is 0.255 e. The summed E-state index contributed by atoms with van der Waals surface area (Å²) in [6.45, 7) is 1.64. The Morgan fingerprint density at radius 3 is 2.37 bits per heavy atom. The van der Waals surface area contributed by atoms with E-state index in [2.05, 4.69) is 5.32 Å². The van der Waals surface area contributed by atoms with Gasteiger partial charge in [0.05, 0.1) is 23.8 Å². The fourth-order valence-corrected chi connectivity index (χ4v) is 7.92. The van der Waals surface area contributed by atoms with Crippen LogP contribution in [0.1, 0.15) is 17.5 Å². The SMILES string of the molecule is CN(C)c1cc(NC(=O)CN2CCSCC2)c(O)c2c1CC1CC3[C@H](N(C)C)C(=O)C(C(N)=O)=C(O)[C@@]3(O)C(=O)C1=C2O. The van der Waals surface area contributed by atoms with Crippen LogP contribution in [-0.2, 0) is 25.6 Å². The van der Waals surface area contributed by atoms with Crippen molar-refractivity contribution in [3.63, 3.8) is 0 Å². The number of nitrogens with zero attached hydrogens (tertiary/aromatic N) is 3. The van der Waals surface area contributed by atoms with Crippen molar-refractivity contribution in [2.24, 2.45) is 17.6 Å². The van der Waals surface area contributed by atoms with Gasteiger partial charge in [0.25, 0.3) is 5.91 Å². The second-order valence-electron chi connectivity index (χ2n) is 11.9. The molecule has 1 aromatic carbocycles. The molecule has 2 amide bonds. The first-order chi connectivity index (χ1) is 20.2. The number of hydrogen-bond donors (Lipinski definition) is 6. The lowest BCUT2D eigenvalue weighted by Gasteiger charge is -2.50. The quantitative estimate of drug-likeness (QED) is 0.186. The third-order valence-corrected chi connectivity index (χ3v) is 9.87. The van der Waals surface area contributed by atoms with E-state index in [1.54, 1.807) is 39.2 Å². The number of rotatable bonds is 6. The highest BCUT2D eigenvalue weighted by molar-refractivity contribution is 7.99. The predicted octanol–water partition coefficient (Wildman–Crippen LogP) is 0.0173. The van der Waals surface area contributed by atoms with Gasteiger partial charge in [-0.15, -0.1) is 0 Å². The molecule has 0 bridgehead atoms. The third-order valence-electron chi connectivity index (χ3n) is 8.92.